The minimum Gasteiger partial charge on any atom is -0.748 e. The van der Waals surface area contributed by atoms with Crippen molar-refractivity contribution in [3.05, 3.63) is 0 Å². The molecule has 0 heterocycles. The van der Waals surface area contributed by atoms with E-state index in [1.807, 2.05) is 0 Å². The molecule has 0 rings (SSSR count). The number of hydrogen-bond donors (Lipinski definition) is 1. The number of carbonyl (C=O) groups excluding carboxylic acids is 1. The molecule has 0 saturated carbocycles. The topological polar surface area (TPSA) is 86.3 Å². The Hall–Kier alpha value is -0.620. The van der Waals surface area contributed by atoms with Gasteiger partial charge in [0.15, 0.2) is 0 Å². The first-order valence-electron chi connectivity index (χ1n) is 6.66. The van der Waals surface area contributed by atoms with Crippen LogP contribution in [0.15, 0.2) is 0 Å². The summed E-state index contributed by atoms with van der Waals surface area (Å²) in [5.74, 6) is -0.706. The van der Waals surface area contributed by atoms with Crippen LogP contribution in [0.4, 0.5) is 0 Å². The predicted octanol–water partition coefficient (Wildman–Crippen LogP) is 1.79. The maximum Gasteiger partial charge on any atom is 0.220 e. The van der Waals surface area contributed by atoms with Crippen LogP contribution >= 0.6 is 0 Å². The highest BCUT2D eigenvalue weighted by molar-refractivity contribution is 7.85. The third-order valence-corrected chi connectivity index (χ3v) is 3.39. The van der Waals surface area contributed by atoms with E-state index >= 15 is 0 Å². The molecule has 0 atom stereocenters. The Morgan fingerprint density at radius 3 is 2.17 bits per heavy atom. The lowest BCUT2D eigenvalue weighted by Gasteiger charge is -2.08. The zero-order chi connectivity index (χ0) is 13.9. The fourth-order valence-corrected chi connectivity index (χ4v) is 2.00. The molecule has 1 amide bonds. The summed E-state index contributed by atoms with van der Waals surface area (Å²) < 4.78 is 30.9. The zero-order valence-electron chi connectivity index (χ0n) is 11.1. The zero-order valence-corrected chi connectivity index (χ0v) is 11.9. The van der Waals surface area contributed by atoms with E-state index in [1.54, 1.807) is 0 Å². The maximum absolute atomic E-state index is 11.3. The van der Waals surface area contributed by atoms with E-state index in [4.69, 9.17) is 0 Å². The molecule has 108 valence electrons. The SMILES string of the molecule is CCCCCCCCCC(=O)NCCS(=O)(=O)[O-]. The number of carbonyl (C=O) groups is 1. The summed E-state index contributed by atoms with van der Waals surface area (Å²) in [6, 6.07) is 0. The van der Waals surface area contributed by atoms with E-state index in [1.165, 1.54) is 25.7 Å². The second-order valence-electron chi connectivity index (χ2n) is 4.48. The van der Waals surface area contributed by atoms with Crippen LogP contribution in [0.5, 0.6) is 0 Å². The number of unbranched alkanes of at least 4 members (excludes halogenated alkanes) is 6. The Morgan fingerprint density at radius 1 is 1.06 bits per heavy atom. The lowest BCUT2D eigenvalue weighted by Crippen LogP contribution is -2.28. The monoisotopic (exact) mass is 278 g/mol. The molecular formula is C12H24NO4S-. The molecule has 5 nitrogen and oxygen atoms in total. The highest BCUT2D eigenvalue weighted by atomic mass is 32.2. The van der Waals surface area contributed by atoms with Gasteiger partial charge in [-0.25, -0.2) is 8.42 Å². The summed E-state index contributed by atoms with van der Waals surface area (Å²) in [4.78, 5) is 11.3. The van der Waals surface area contributed by atoms with Crippen LogP contribution in [0.1, 0.15) is 58.3 Å². The Labute approximate surface area is 110 Å². The molecule has 0 fully saturated rings. The van der Waals surface area contributed by atoms with Crippen molar-refractivity contribution in [1.29, 1.82) is 0 Å². The molecule has 0 aromatic rings. The first-order chi connectivity index (χ1) is 8.45. The Bertz CT molecular complexity index is 314. The first kappa shape index (κ1) is 17.4. The van der Waals surface area contributed by atoms with Gasteiger partial charge in [0.25, 0.3) is 0 Å². The molecule has 18 heavy (non-hydrogen) atoms. The van der Waals surface area contributed by atoms with Gasteiger partial charge >= 0.3 is 0 Å². The summed E-state index contributed by atoms with van der Waals surface area (Å²) in [5, 5.41) is 2.43. The molecule has 1 N–H and O–H groups in total. The normalized spacial score (nSPS) is 11.4. The summed E-state index contributed by atoms with van der Waals surface area (Å²) in [6.07, 6.45) is 8.36. The van der Waals surface area contributed by atoms with Crippen molar-refractivity contribution in [2.24, 2.45) is 0 Å². The minimum atomic E-state index is -4.22. The summed E-state index contributed by atoms with van der Waals surface area (Å²) in [5.41, 5.74) is 0. The third kappa shape index (κ3) is 13.4. The van der Waals surface area contributed by atoms with Gasteiger partial charge in [-0.15, -0.1) is 0 Å². The summed E-state index contributed by atoms with van der Waals surface area (Å²) >= 11 is 0. The van der Waals surface area contributed by atoms with Crippen LogP contribution in [-0.4, -0.2) is 31.2 Å². The largest absolute Gasteiger partial charge is 0.748 e. The maximum atomic E-state index is 11.3. The molecule has 6 heteroatoms. The first-order valence-corrected chi connectivity index (χ1v) is 8.23. The summed E-state index contributed by atoms with van der Waals surface area (Å²) in [7, 11) is -4.22. The van der Waals surface area contributed by atoms with E-state index < -0.39 is 15.9 Å². The van der Waals surface area contributed by atoms with Gasteiger partial charge in [-0.3, -0.25) is 4.79 Å². The van der Waals surface area contributed by atoms with Crippen LogP contribution < -0.4 is 5.32 Å². The number of nitrogens with one attached hydrogen (secondary N) is 1. The average Bonchev–Trinajstić information content (AvgIpc) is 2.26. The van der Waals surface area contributed by atoms with Gasteiger partial charge in [0, 0.05) is 13.0 Å². The van der Waals surface area contributed by atoms with Crippen LogP contribution in [-0.2, 0) is 14.9 Å². The molecule has 0 saturated heterocycles. The molecule has 0 spiro atoms. The molecular weight excluding hydrogens is 254 g/mol. The molecule has 0 bridgehead atoms. The molecule has 0 aliphatic carbocycles. The Kier molecular flexibility index (Phi) is 9.96. The van der Waals surface area contributed by atoms with Crippen molar-refractivity contribution < 1.29 is 17.8 Å². The van der Waals surface area contributed by atoms with Gasteiger partial charge < -0.3 is 9.87 Å². The van der Waals surface area contributed by atoms with E-state index in [-0.39, 0.29) is 12.5 Å². The van der Waals surface area contributed by atoms with Gasteiger partial charge in [-0.1, -0.05) is 45.4 Å². The molecule has 0 aliphatic rings. The van der Waals surface area contributed by atoms with Gasteiger partial charge in [-0.05, 0) is 6.42 Å². The van der Waals surface area contributed by atoms with Crippen LogP contribution in [0.25, 0.3) is 0 Å². The van der Waals surface area contributed by atoms with E-state index in [2.05, 4.69) is 12.2 Å². The Morgan fingerprint density at radius 2 is 1.61 bits per heavy atom. The van der Waals surface area contributed by atoms with Crippen LogP contribution in [0, 0.1) is 0 Å². The second-order valence-corrected chi connectivity index (χ2v) is 6.01. The predicted molar refractivity (Wildman–Crippen MR) is 70.2 cm³/mol. The van der Waals surface area contributed by atoms with E-state index in [0.717, 1.165) is 19.3 Å². The van der Waals surface area contributed by atoms with Crippen molar-refractivity contribution in [3.63, 3.8) is 0 Å². The van der Waals surface area contributed by atoms with Crippen molar-refractivity contribution in [1.82, 2.24) is 5.32 Å². The van der Waals surface area contributed by atoms with Gasteiger partial charge in [0.2, 0.25) is 5.91 Å². The standard InChI is InChI=1S/C12H25NO4S/c1-2-3-4-5-6-7-8-9-12(14)13-10-11-18(15,16)17/h2-11H2,1H3,(H,13,14)(H,15,16,17)/p-1. The van der Waals surface area contributed by atoms with Gasteiger partial charge in [0.05, 0.1) is 15.9 Å². The van der Waals surface area contributed by atoms with E-state index in [9.17, 15) is 17.8 Å². The van der Waals surface area contributed by atoms with Crippen molar-refractivity contribution in [2.45, 2.75) is 58.3 Å². The lowest BCUT2D eigenvalue weighted by atomic mass is 10.1. The second kappa shape index (κ2) is 10.3. The number of rotatable bonds is 11. The molecule has 0 unspecified atom stereocenters. The number of amides is 1. The highest BCUT2D eigenvalue weighted by Crippen LogP contribution is 2.08. The average molecular weight is 278 g/mol. The van der Waals surface area contributed by atoms with Crippen molar-refractivity contribution >= 4 is 16.0 Å². The fourth-order valence-electron chi connectivity index (χ4n) is 1.65. The van der Waals surface area contributed by atoms with Crippen molar-refractivity contribution in [2.75, 3.05) is 12.3 Å². The molecule has 0 radical (unpaired) electrons. The fraction of sp³-hybridized carbons (Fsp3) is 0.917. The van der Waals surface area contributed by atoms with Gasteiger partial charge in [0.1, 0.15) is 0 Å². The Balaban J connectivity index is 3.32. The van der Waals surface area contributed by atoms with E-state index in [0.29, 0.717) is 6.42 Å². The quantitative estimate of drug-likeness (QED) is 0.461. The highest BCUT2D eigenvalue weighted by Gasteiger charge is 2.01. The smallest absolute Gasteiger partial charge is 0.220 e. The summed E-state index contributed by atoms with van der Waals surface area (Å²) in [6.45, 7) is 2.09. The van der Waals surface area contributed by atoms with Crippen LogP contribution in [0.2, 0.25) is 0 Å². The van der Waals surface area contributed by atoms with Gasteiger partial charge in [-0.2, -0.15) is 0 Å². The third-order valence-electron chi connectivity index (χ3n) is 2.68. The number of hydrogen-bond acceptors (Lipinski definition) is 4. The van der Waals surface area contributed by atoms with Crippen LogP contribution in [0.3, 0.4) is 0 Å². The molecule has 0 aromatic heterocycles. The minimum absolute atomic E-state index is 0.0822. The van der Waals surface area contributed by atoms with Crippen molar-refractivity contribution in [3.8, 4) is 0 Å². The molecule has 0 aromatic carbocycles. The lowest BCUT2D eigenvalue weighted by molar-refractivity contribution is -0.121. The molecule has 0 aliphatic heterocycles.